The smallest absolute Gasteiger partial charge is 0.229 e. The second-order valence-corrected chi connectivity index (χ2v) is 12.3. The maximum Gasteiger partial charge on any atom is 0.229 e. The van der Waals surface area contributed by atoms with Crippen molar-refractivity contribution in [1.29, 1.82) is 5.26 Å². The number of anilines is 1. The highest BCUT2D eigenvalue weighted by molar-refractivity contribution is 5.83. The number of hydrogen-bond acceptors (Lipinski definition) is 8. The van der Waals surface area contributed by atoms with E-state index in [0.29, 0.717) is 23.8 Å². The molecule has 232 valence electrons. The molecule has 45 heavy (non-hydrogen) atoms. The number of rotatable bonds is 10. The van der Waals surface area contributed by atoms with Crippen LogP contribution in [0.3, 0.4) is 0 Å². The van der Waals surface area contributed by atoms with E-state index in [-0.39, 0.29) is 30.4 Å². The Balaban J connectivity index is 1.15. The number of aromatic nitrogens is 5. The lowest BCUT2D eigenvalue weighted by Crippen LogP contribution is -2.35. The maximum atomic E-state index is 13.8. The summed E-state index contributed by atoms with van der Waals surface area (Å²) in [6, 6.07) is 16.2. The highest BCUT2D eigenvalue weighted by Crippen LogP contribution is 2.39. The summed E-state index contributed by atoms with van der Waals surface area (Å²) in [5.74, 6) is 1.60. The molecule has 0 bridgehead atoms. The average molecular weight is 605 g/mol. The van der Waals surface area contributed by atoms with Gasteiger partial charge in [-0.2, -0.15) is 10.4 Å². The van der Waals surface area contributed by atoms with Crippen molar-refractivity contribution < 1.29 is 9.90 Å². The van der Waals surface area contributed by atoms with Crippen molar-refractivity contribution >= 4 is 11.7 Å². The lowest BCUT2D eigenvalue weighted by atomic mass is 9.73. The van der Waals surface area contributed by atoms with Crippen molar-refractivity contribution in [2.45, 2.75) is 63.5 Å². The molecule has 10 nitrogen and oxygen atoms in total. The van der Waals surface area contributed by atoms with E-state index < -0.39 is 0 Å². The molecule has 2 atom stereocenters. The summed E-state index contributed by atoms with van der Waals surface area (Å²) in [4.78, 5) is 30.0. The largest absolute Gasteiger partial charge is 0.394 e. The quantitative estimate of drug-likeness (QED) is 0.269. The van der Waals surface area contributed by atoms with Gasteiger partial charge in [-0.1, -0.05) is 36.4 Å². The van der Waals surface area contributed by atoms with Gasteiger partial charge in [0.15, 0.2) is 5.82 Å². The first kappa shape index (κ1) is 30.4. The highest BCUT2D eigenvalue weighted by atomic mass is 16.3. The lowest BCUT2D eigenvalue weighted by Gasteiger charge is -2.33. The van der Waals surface area contributed by atoms with Crippen LogP contribution in [-0.2, 0) is 24.8 Å². The fourth-order valence-corrected chi connectivity index (χ4v) is 6.91. The zero-order valence-corrected chi connectivity index (χ0v) is 25.7. The monoisotopic (exact) mass is 604 g/mol. The number of nitrogens with zero attached hydrogens (tertiary/aromatic N) is 7. The molecule has 1 amide bonds. The first-order chi connectivity index (χ1) is 22.0. The summed E-state index contributed by atoms with van der Waals surface area (Å²) >= 11 is 0. The van der Waals surface area contributed by atoms with Crippen LogP contribution in [0.2, 0.25) is 0 Å². The van der Waals surface area contributed by atoms with E-state index in [2.05, 4.69) is 26.4 Å². The molecule has 1 aliphatic heterocycles. The van der Waals surface area contributed by atoms with Crippen molar-refractivity contribution in [3.63, 3.8) is 0 Å². The van der Waals surface area contributed by atoms with Crippen molar-refractivity contribution in [3.05, 3.63) is 89.9 Å². The van der Waals surface area contributed by atoms with Crippen LogP contribution < -0.4 is 10.2 Å². The Morgan fingerprint density at radius 1 is 1.04 bits per heavy atom. The van der Waals surface area contributed by atoms with Crippen molar-refractivity contribution in [2.75, 3.05) is 18.1 Å². The minimum absolute atomic E-state index is 0.00713. The van der Waals surface area contributed by atoms with Gasteiger partial charge < -0.3 is 15.3 Å². The first-order valence-electron chi connectivity index (χ1n) is 15.9. The molecule has 0 radical (unpaired) electrons. The average Bonchev–Trinajstić information content (AvgIpc) is 3.74. The van der Waals surface area contributed by atoms with Crippen LogP contribution in [0.15, 0.2) is 67.3 Å². The van der Waals surface area contributed by atoms with E-state index >= 15 is 0 Å². The third-order valence-corrected chi connectivity index (χ3v) is 9.37. The molecule has 2 aliphatic rings. The molecule has 1 aromatic carbocycles. The fourth-order valence-electron chi connectivity index (χ4n) is 6.91. The van der Waals surface area contributed by atoms with Gasteiger partial charge in [0.25, 0.3) is 0 Å². The summed E-state index contributed by atoms with van der Waals surface area (Å²) in [7, 11) is 1.89. The second kappa shape index (κ2) is 14.0. The molecule has 1 saturated heterocycles. The number of nitriles is 1. The van der Waals surface area contributed by atoms with E-state index in [1.807, 2.05) is 68.1 Å². The van der Waals surface area contributed by atoms with E-state index in [0.717, 1.165) is 79.7 Å². The summed E-state index contributed by atoms with van der Waals surface area (Å²) in [6.07, 6.45) is 13.6. The van der Waals surface area contributed by atoms with Gasteiger partial charge in [0, 0.05) is 50.1 Å². The molecule has 6 rings (SSSR count). The molecule has 10 heteroatoms. The highest BCUT2D eigenvalue weighted by Gasteiger charge is 2.35. The lowest BCUT2D eigenvalue weighted by molar-refractivity contribution is -0.124. The minimum atomic E-state index is -0.346. The summed E-state index contributed by atoms with van der Waals surface area (Å²) in [5, 5.41) is 27.0. The normalized spacial score (nSPS) is 20.5. The van der Waals surface area contributed by atoms with Gasteiger partial charge in [-0.3, -0.25) is 14.5 Å². The zero-order chi connectivity index (χ0) is 31.2. The molecule has 2 N–H and O–H groups in total. The summed E-state index contributed by atoms with van der Waals surface area (Å²) in [6.45, 7) is 1.31. The van der Waals surface area contributed by atoms with Crippen LogP contribution in [0.4, 0.5) is 5.82 Å². The van der Waals surface area contributed by atoms with Crippen LogP contribution in [0, 0.1) is 23.2 Å². The van der Waals surface area contributed by atoms with Gasteiger partial charge in [0.2, 0.25) is 5.91 Å². The number of hydrogen-bond donors (Lipinski definition) is 2. The summed E-state index contributed by atoms with van der Waals surface area (Å²) in [5.41, 5.74) is 4.27. The van der Waals surface area contributed by atoms with E-state index in [1.165, 1.54) is 0 Å². The van der Waals surface area contributed by atoms with Crippen molar-refractivity contribution in [1.82, 2.24) is 30.0 Å². The Morgan fingerprint density at radius 2 is 1.87 bits per heavy atom. The number of carbonyl (C=O) groups excluding carboxylic acids is 1. The second-order valence-electron chi connectivity index (χ2n) is 12.3. The molecular formula is C35H40N8O2. The SMILES string of the molecule is Cn1cc(-c2ccc(C(C(=O)NCc3ccccc3)[C@H]3CC[C@H](Cc4ncc(C#N)c(N5CCCC5CO)n4)CC3)nc2)cn1. The molecule has 2 fully saturated rings. The number of carbonyl (C=O) groups is 1. The molecule has 2 unspecified atom stereocenters. The molecule has 3 aromatic heterocycles. The number of aliphatic hydroxyl groups excluding tert-OH is 1. The topological polar surface area (TPSA) is 133 Å². The van der Waals surface area contributed by atoms with Gasteiger partial charge in [-0.15, -0.1) is 0 Å². The first-order valence-corrected chi connectivity index (χ1v) is 15.9. The molecule has 4 heterocycles. The van der Waals surface area contributed by atoms with Crippen LogP contribution in [0.1, 0.15) is 67.1 Å². The van der Waals surface area contributed by atoms with Crippen LogP contribution in [0.25, 0.3) is 11.1 Å². The molecule has 4 aromatic rings. The Bertz CT molecular complexity index is 1620. The number of nitrogens with one attached hydrogen (secondary N) is 1. The van der Waals surface area contributed by atoms with Gasteiger partial charge in [-0.05, 0) is 62.0 Å². The molecule has 1 aliphatic carbocycles. The fraction of sp³-hybridized carbons (Fsp3) is 0.429. The van der Waals surface area contributed by atoms with Crippen molar-refractivity contribution in [3.8, 4) is 17.2 Å². The summed E-state index contributed by atoms with van der Waals surface area (Å²) < 4.78 is 1.77. The molecule has 0 spiro atoms. The zero-order valence-electron chi connectivity index (χ0n) is 25.7. The van der Waals surface area contributed by atoms with E-state index in [9.17, 15) is 15.2 Å². The molecule has 1 saturated carbocycles. The van der Waals surface area contributed by atoms with Crippen LogP contribution in [0.5, 0.6) is 0 Å². The maximum absolute atomic E-state index is 13.8. The third kappa shape index (κ3) is 7.04. The van der Waals surface area contributed by atoms with Gasteiger partial charge in [-0.25, -0.2) is 9.97 Å². The van der Waals surface area contributed by atoms with Gasteiger partial charge in [0.1, 0.15) is 17.5 Å². The number of pyridine rings is 1. The number of aryl methyl sites for hydroxylation is 1. The van der Waals surface area contributed by atoms with Gasteiger partial charge >= 0.3 is 0 Å². The predicted molar refractivity (Wildman–Crippen MR) is 171 cm³/mol. The third-order valence-electron chi connectivity index (χ3n) is 9.37. The van der Waals surface area contributed by atoms with Crippen molar-refractivity contribution in [2.24, 2.45) is 18.9 Å². The Labute approximate surface area is 264 Å². The Morgan fingerprint density at radius 3 is 2.56 bits per heavy atom. The Hall–Kier alpha value is -4.62. The standard InChI is InChI=1S/C35H40N8O2/c1-42-22-29(21-40-42)27-13-14-31(37-19-27)33(35(45)39-18-25-6-3-2-4-7-25)26-11-9-24(10-12-26)16-32-38-20-28(17-36)34(41-32)43-15-5-8-30(43)23-44/h2-4,6-7,13-14,19-22,24,26,30,33,44H,5,8-12,15-16,18,23H2,1H3,(H,39,45)/t24-,26-,30?,33?. The number of benzene rings is 1. The Kier molecular flexibility index (Phi) is 9.46. The van der Waals surface area contributed by atoms with Gasteiger partial charge in [0.05, 0.1) is 36.7 Å². The molecular weight excluding hydrogens is 564 g/mol. The van der Waals surface area contributed by atoms with E-state index in [1.54, 1.807) is 10.9 Å². The minimum Gasteiger partial charge on any atom is -0.394 e. The number of amides is 1. The van der Waals surface area contributed by atoms with E-state index in [4.69, 9.17) is 9.97 Å². The van der Waals surface area contributed by atoms with Crippen LogP contribution >= 0.6 is 0 Å². The number of aliphatic hydroxyl groups is 1. The predicted octanol–water partition coefficient (Wildman–Crippen LogP) is 4.55. The van der Waals surface area contributed by atoms with Crippen LogP contribution in [-0.4, -0.2) is 54.9 Å².